The van der Waals surface area contributed by atoms with Crippen LogP contribution >= 0.6 is 0 Å². The lowest BCUT2D eigenvalue weighted by atomic mass is 9.92. The summed E-state index contributed by atoms with van der Waals surface area (Å²) >= 11 is 0. The molecule has 2 fully saturated rings. The Labute approximate surface area is 181 Å². The van der Waals surface area contributed by atoms with Crippen molar-refractivity contribution in [1.29, 1.82) is 0 Å². The fourth-order valence-electron chi connectivity index (χ4n) is 4.47. The summed E-state index contributed by atoms with van der Waals surface area (Å²) in [5.74, 6) is 0.347. The normalized spacial score (nSPS) is 25.0. The van der Waals surface area contributed by atoms with Crippen molar-refractivity contribution in [2.45, 2.75) is 38.3 Å². The number of benzene rings is 1. The van der Waals surface area contributed by atoms with Crippen LogP contribution in [0.1, 0.15) is 37.0 Å². The van der Waals surface area contributed by atoms with E-state index in [0.717, 1.165) is 0 Å². The third kappa shape index (κ3) is 4.79. The minimum Gasteiger partial charge on any atom is -0.507 e. The zero-order valence-corrected chi connectivity index (χ0v) is 18.6. The number of Topliss-reactive ketones (excluding diaryl/α,β-unsaturated/α-hetero) is 1. The SMILES string of the molecule is CC1(C)CC(=O)c2c(O)cc(OCC(=O)N3CCN(C4CCS(=O)(=O)C4)CC3)cc2O1. The Balaban J connectivity index is 1.33. The molecule has 10 heteroatoms. The van der Waals surface area contributed by atoms with E-state index in [0.29, 0.717) is 32.6 Å². The van der Waals surface area contributed by atoms with Crippen molar-refractivity contribution in [3.63, 3.8) is 0 Å². The molecule has 0 radical (unpaired) electrons. The smallest absolute Gasteiger partial charge is 0.260 e. The van der Waals surface area contributed by atoms with Crippen molar-refractivity contribution in [3.05, 3.63) is 17.7 Å². The molecule has 1 N–H and O–H groups in total. The van der Waals surface area contributed by atoms with Crippen LogP contribution in [-0.2, 0) is 14.6 Å². The number of phenols is 1. The molecule has 0 saturated carbocycles. The Morgan fingerprint density at radius 2 is 1.97 bits per heavy atom. The van der Waals surface area contributed by atoms with Crippen LogP contribution in [0.4, 0.5) is 0 Å². The van der Waals surface area contributed by atoms with Crippen LogP contribution < -0.4 is 9.47 Å². The van der Waals surface area contributed by atoms with E-state index in [-0.39, 0.29) is 65.1 Å². The third-order valence-electron chi connectivity index (χ3n) is 6.06. The molecule has 3 heterocycles. The van der Waals surface area contributed by atoms with Gasteiger partial charge in [0.25, 0.3) is 5.91 Å². The molecule has 0 spiro atoms. The highest BCUT2D eigenvalue weighted by molar-refractivity contribution is 7.91. The Kier molecular flexibility index (Phi) is 5.63. The van der Waals surface area contributed by atoms with Gasteiger partial charge in [0, 0.05) is 44.4 Å². The van der Waals surface area contributed by atoms with Crippen LogP contribution in [0.3, 0.4) is 0 Å². The highest BCUT2D eigenvalue weighted by Gasteiger charge is 2.36. The van der Waals surface area contributed by atoms with Crippen molar-refractivity contribution in [1.82, 2.24) is 9.80 Å². The van der Waals surface area contributed by atoms with Crippen LogP contribution in [0.2, 0.25) is 0 Å². The van der Waals surface area contributed by atoms with Crippen LogP contribution in [0.15, 0.2) is 12.1 Å². The van der Waals surface area contributed by atoms with Gasteiger partial charge in [-0.25, -0.2) is 8.42 Å². The second-order valence-electron chi connectivity index (χ2n) is 9.04. The lowest BCUT2D eigenvalue weighted by Crippen LogP contribution is -2.53. The number of ketones is 1. The van der Waals surface area contributed by atoms with Gasteiger partial charge in [-0.15, -0.1) is 0 Å². The summed E-state index contributed by atoms with van der Waals surface area (Å²) in [6.45, 7) is 5.69. The first-order valence-electron chi connectivity index (χ1n) is 10.5. The topological polar surface area (TPSA) is 113 Å². The van der Waals surface area contributed by atoms with Crippen molar-refractivity contribution in [2.75, 3.05) is 44.3 Å². The highest BCUT2D eigenvalue weighted by atomic mass is 32.2. The van der Waals surface area contributed by atoms with Gasteiger partial charge in [0.05, 0.1) is 17.9 Å². The van der Waals surface area contributed by atoms with Crippen LogP contribution in [0.5, 0.6) is 17.2 Å². The van der Waals surface area contributed by atoms with Gasteiger partial charge in [0.15, 0.2) is 22.2 Å². The molecule has 1 unspecified atom stereocenters. The Hall–Kier alpha value is -2.33. The number of hydrogen-bond acceptors (Lipinski definition) is 8. The molecule has 2 saturated heterocycles. The molecule has 4 rings (SSSR count). The summed E-state index contributed by atoms with van der Waals surface area (Å²) in [7, 11) is -2.93. The molecule has 1 atom stereocenters. The minimum absolute atomic E-state index is 0.0453. The fraction of sp³-hybridized carbons (Fsp3) is 0.619. The monoisotopic (exact) mass is 452 g/mol. The van der Waals surface area contributed by atoms with Crippen molar-refractivity contribution in [2.24, 2.45) is 0 Å². The van der Waals surface area contributed by atoms with Crippen LogP contribution in [-0.4, -0.2) is 90.9 Å². The van der Waals surface area contributed by atoms with Crippen LogP contribution in [0, 0.1) is 0 Å². The number of ether oxygens (including phenoxy) is 2. The number of nitrogens with zero attached hydrogens (tertiary/aromatic N) is 2. The Morgan fingerprint density at radius 3 is 2.61 bits per heavy atom. The number of rotatable bonds is 4. The average Bonchev–Trinajstić information content (AvgIpc) is 3.04. The number of hydrogen-bond donors (Lipinski definition) is 1. The van der Waals surface area contributed by atoms with Gasteiger partial charge in [-0.3, -0.25) is 14.5 Å². The molecule has 31 heavy (non-hydrogen) atoms. The van der Waals surface area contributed by atoms with Gasteiger partial charge < -0.3 is 19.5 Å². The molecule has 0 aromatic heterocycles. The van der Waals surface area contributed by atoms with Gasteiger partial charge in [0.1, 0.15) is 28.4 Å². The fourth-order valence-corrected chi connectivity index (χ4v) is 6.23. The van der Waals surface area contributed by atoms with E-state index in [1.54, 1.807) is 18.7 Å². The molecular weight excluding hydrogens is 424 g/mol. The molecular formula is C21H28N2O7S. The van der Waals surface area contributed by atoms with E-state index in [1.165, 1.54) is 12.1 Å². The largest absolute Gasteiger partial charge is 0.507 e. The van der Waals surface area contributed by atoms with E-state index in [4.69, 9.17) is 9.47 Å². The lowest BCUT2D eigenvalue weighted by Gasteiger charge is -2.37. The van der Waals surface area contributed by atoms with E-state index in [9.17, 15) is 23.1 Å². The molecule has 1 aromatic rings. The van der Waals surface area contributed by atoms with Crippen LogP contribution in [0.25, 0.3) is 0 Å². The van der Waals surface area contributed by atoms with Crippen molar-refractivity contribution < 1.29 is 32.6 Å². The predicted molar refractivity (Wildman–Crippen MR) is 112 cm³/mol. The molecule has 3 aliphatic rings. The number of carbonyl (C=O) groups excluding carboxylic acids is 2. The molecule has 0 bridgehead atoms. The van der Waals surface area contributed by atoms with Gasteiger partial charge >= 0.3 is 0 Å². The van der Waals surface area contributed by atoms with Crippen molar-refractivity contribution in [3.8, 4) is 17.2 Å². The first-order valence-corrected chi connectivity index (χ1v) is 12.3. The maximum Gasteiger partial charge on any atom is 0.260 e. The lowest BCUT2D eigenvalue weighted by molar-refractivity contribution is -0.135. The third-order valence-corrected chi connectivity index (χ3v) is 7.81. The van der Waals surface area contributed by atoms with Crippen molar-refractivity contribution >= 4 is 21.5 Å². The number of piperazine rings is 1. The van der Waals surface area contributed by atoms with E-state index in [1.807, 2.05) is 0 Å². The standard InChI is InChI=1S/C21H28N2O7S/c1-21(2)11-17(25)20-16(24)9-15(10-18(20)30-21)29-12-19(26)23-6-4-22(5-7-23)14-3-8-31(27,28)13-14/h9-10,14,24H,3-8,11-13H2,1-2H3. The number of sulfone groups is 1. The summed E-state index contributed by atoms with van der Waals surface area (Å²) in [6.07, 6.45) is 0.827. The minimum atomic E-state index is -2.93. The van der Waals surface area contributed by atoms with E-state index >= 15 is 0 Å². The Bertz CT molecular complexity index is 997. The maximum absolute atomic E-state index is 12.6. The van der Waals surface area contributed by atoms with Gasteiger partial charge in [-0.1, -0.05) is 0 Å². The molecule has 9 nitrogen and oxygen atoms in total. The number of fused-ring (bicyclic) bond motifs is 1. The summed E-state index contributed by atoms with van der Waals surface area (Å²) in [4.78, 5) is 28.7. The van der Waals surface area contributed by atoms with Gasteiger partial charge in [0.2, 0.25) is 0 Å². The number of aromatic hydroxyl groups is 1. The molecule has 1 amide bonds. The predicted octanol–water partition coefficient (Wildman–Crippen LogP) is 0.846. The quantitative estimate of drug-likeness (QED) is 0.715. The van der Waals surface area contributed by atoms with Gasteiger partial charge in [-0.05, 0) is 20.3 Å². The number of amides is 1. The number of phenolic OH excluding ortho intramolecular Hbond substituents is 1. The molecule has 1 aromatic carbocycles. The zero-order chi connectivity index (χ0) is 22.4. The second-order valence-corrected chi connectivity index (χ2v) is 11.3. The summed E-state index contributed by atoms with van der Waals surface area (Å²) in [6, 6.07) is 2.90. The molecule has 170 valence electrons. The first-order chi connectivity index (χ1) is 14.5. The average molecular weight is 453 g/mol. The summed E-state index contributed by atoms with van der Waals surface area (Å²) < 4.78 is 34.8. The van der Waals surface area contributed by atoms with E-state index < -0.39 is 15.4 Å². The van der Waals surface area contributed by atoms with E-state index in [2.05, 4.69) is 4.90 Å². The highest BCUT2D eigenvalue weighted by Crippen LogP contribution is 2.40. The summed E-state index contributed by atoms with van der Waals surface area (Å²) in [5.41, 5.74) is -0.536. The second kappa shape index (κ2) is 7.98. The Morgan fingerprint density at radius 1 is 1.26 bits per heavy atom. The van der Waals surface area contributed by atoms with Gasteiger partial charge in [-0.2, -0.15) is 0 Å². The summed E-state index contributed by atoms with van der Waals surface area (Å²) in [5, 5.41) is 10.2. The maximum atomic E-state index is 12.6. The first kappa shape index (κ1) is 21.9. The zero-order valence-electron chi connectivity index (χ0n) is 17.8. The molecule has 3 aliphatic heterocycles. The number of carbonyl (C=O) groups is 2. The molecule has 0 aliphatic carbocycles.